The average Bonchev–Trinajstić information content (AvgIpc) is 1.72. The van der Waals surface area contributed by atoms with Gasteiger partial charge < -0.3 is 90.0 Å². The predicted molar refractivity (Wildman–Crippen MR) is 410 cm³/mol. The van der Waals surface area contributed by atoms with Crippen LogP contribution in [-0.2, 0) is 60.6 Å². The van der Waals surface area contributed by atoms with Crippen LogP contribution in [0.15, 0.2) is 60.7 Å². The Morgan fingerprint density at radius 2 is 1.06 bits per heavy atom. The lowest BCUT2D eigenvalue weighted by molar-refractivity contribution is -0.147. The SMILES string of the molecule is CC[C@H](CCC(C)[C@H](NC(=O)N1CCN(C)CC1(C)C)C(=O)N(C)[C@@H]([C@@H](C)CC)[C@@H](CC(=O)N1CCC[C@H]1[C@H](OC)[C@@H](C)C(=O)N[C@H](CO)Cc1ccccc1)OC)[C@@H]([C@@H](CC(=O)N1CCC[C@H]1[C@H](OC)[C@@H](C)C(=O)N[C@H](CO)Cc1ccccc1)OC)N(C)C(=O)[C@@H](NC(=O)N1CCNC[C@@H]1C)C(C)C. The van der Waals surface area contributed by atoms with E-state index in [1.165, 1.54) is 14.2 Å². The fourth-order valence-electron chi connectivity index (χ4n) is 17.0. The van der Waals surface area contributed by atoms with E-state index in [0.717, 1.165) is 11.1 Å². The molecule has 10 amide bonds. The number of aliphatic hydroxyl groups is 2. The van der Waals surface area contributed by atoms with E-state index < -0.39 is 108 Å². The Kier molecular flexibility index (Phi) is 35.4. The monoisotopic (exact) mass is 1490 g/mol. The molecule has 6 rings (SSSR count). The highest BCUT2D eigenvalue weighted by atomic mass is 16.5. The Hall–Kier alpha value is -6.52. The number of rotatable bonds is 39. The lowest BCUT2D eigenvalue weighted by atomic mass is 9.82. The number of likely N-dealkylation sites (tertiary alicyclic amines) is 2. The van der Waals surface area contributed by atoms with Crippen LogP contribution >= 0.6 is 0 Å². The summed E-state index contributed by atoms with van der Waals surface area (Å²) in [5, 5.41) is 36.4. The molecule has 2 aromatic rings. The molecule has 0 spiro atoms. The largest absolute Gasteiger partial charge is 0.394 e. The highest BCUT2D eigenvalue weighted by Crippen LogP contribution is 2.35. The second-order valence-corrected chi connectivity index (χ2v) is 31.7. The molecule has 18 atom stereocenters. The summed E-state index contributed by atoms with van der Waals surface area (Å²) in [6, 6.07) is 12.8. The molecule has 0 radical (unpaired) electrons. The number of benzene rings is 2. The van der Waals surface area contributed by atoms with Gasteiger partial charge in [-0.1, -0.05) is 129 Å². The number of nitrogens with one attached hydrogen (secondary N) is 5. The third-order valence-corrected chi connectivity index (χ3v) is 23.5. The number of hydrogen-bond donors (Lipinski definition) is 7. The van der Waals surface area contributed by atoms with E-state index in [1.807, 2.05) is 130 Å². The molecule has 1 unspecified atom stereocenters. The highest BCUT2D eigenvalue weighted by Gasteiger charge is 2.48. The van der Waals surface area contributed by atoms with Gasteiger partial charge in [-0.05, 0) is 114 Å². The van der Waals surface area contributed by atoms with Gasteiger partial charge in [0.1, 0.15) is 12.1 Å². The molecule has 0 aliphatic carbocycles. The van der Waals surface area contributed by atoms with Gasteiger partial charge in [-0.3, -0.25) is 28.8 Å². The van der Waals surface area contributed by atoms with E-state index in [4.69, 9.17) is 18.9 Å². The zero-order valence-electron chi connectivity index (χ0n) is 67.2. The first-order valence-electron chi connectivity index (χ1n) is 39.1. The second kappa shape index (κ2) is 42.4. The number of piperazine rings is 2. The standard InChI is InChI=1S/C80H134N12O14/c1-19-52(5)70(64(103-15)45-66(95)90-38-27-33-62(90)72(105-17)55(8)74(97)82-60(48-93)43-57-29-23-21-24-30-57)87(13)77(100)69(85-79(102)92-42-41-86(12)50-80(92,10)11)53(6)35-36-59(20-2)71(88(14)76(99)68(51(3)4)84-78(101)89-40-37-81-47-54(89)7)65(104-16)46-67(96)91-39-28-34-63(91)73(106-18)56(9)75(98)83-61(49-94)44-58-31-25-22-26-32-58/h21-26,29-32,51-56,59-65,68-73,81,93-94H,19-20,27-28,33-50H2,1-18H3,(H,82,97)(H,83,98)(H,84,101)(H,85,102)/t52-,53?,54-,55+,56+,59+,60-,61-,62-,63-,64+,65+,68-,69-,70-,71-,72+,73+/m0/s1. The second-order valence-electron chi connectivity index (χ2n) is 31.7. The van der Waals surface area contributed by atoms with Crippen LogP contribution in [0.1, 0.15) is 151 Å². The van der Waals surface area contributed by atoms with Gasteiger partial charge in [-0.2, -0.15) is 0 Å². The first-order chi connectivity index (χ1) is 50.4. The van der Waals surface area contributed by atoms with Crippen molar-refractivity contribution in [3.05, 3.63) is 71.8 Å². The zero-order chi connectivity index (χ0) is 78.3. The van der Waals surface area contributed by atoms with E-state index in [2.05, 4.69) is 31.5 Å². The molecule has 598 valence electrons. The van der Waals surface area contributed by atoms with Gasteiger partial charge >= 0.3 is 12.1 Å². The van der Waals surface area contributed by atoms with Crippen molar-refractivity contribution in [3.63, 3.8) is 0 Å². The fraction of sp³-hybridized carbons (Fsp3) is 0.750. The van der Waals surface area contributed by atoms with Crippen molar-refractivity contribution in [1.82, 2.24) is 60.9 Å². The summed E-state index contributed by atoms with van der Waals surface area (Å²) in [6.45, 7) is 24.9. The van der Waals surface area contributed by atoms with Crippen molar-refractivity contribution < 1.29 is 67.5 Å². The molecule has 7 N–H and O–H groups in total. The average molecular weight is 1490 g/mol. The Labute approximate surface area is 633 Å². The van der Waals surface area contributed by atoms with Crippen molar-refractivity contribution >= 4 is 47.5 Å². The van der Waals surface area contributed by atoms with E-state index >= 15 is 24.0 Å². The van der Waals surface area contributed by atoms with Crippen LogP contribution in [0, 0.1) is 35.5 Å². The maximum atomic E-state index is 16.0. The maximum absolute atomic E-state index is 16.0. The van der Waals surface area contributed by atoms with Crippen LogP contribution in [0.5, 0.6) is 0 Å². The number of nitrogens with zero attached hydrogens (tertiary/aromatic N) is 7. The lowest BCUT2D eigenvalue weighted by Crippen LogP contribution is -2.65. The normalized spacial score (nSPS) is 22.1. The summed E-state index contributed by atoms with van der Waals surface area (Å²) in [7, 11) is 11.6. The van der Waals surface area contributed by atoms with Gasteiger partial charge in [0.25, 0.3) is 0 Å². The number of amides is 10. The Balaban J connectivity index is 1.31. The summed E-state index contributed by atoms with van der Waals surface area (Å²) in [5.74, 6) is -4.78. The summed E-state index contributed by atoms with van der Waals surface area (Å²) < 4.78 is 25.0. The van der Waals surface area contributed by atoms with Crippen LogP contribution in [0.4, 0.5) is 9.59 Å². The summed E-state index contributed by atoms with van der Waals surface area (Å²) >= 11 is 0. The third kappa shape index (κ3) is 23.3. The summed E-state index contributed by atoms with van der Waals surface area (Å²) in [6.07, 6.45) is 1.78. The molecule has 4 aliphatic rings. The molecule has 0 saturated carbocycles. The lowest BCUT2D eigenvalue weighted by Gasteiger charge is -2.47. The summed E-state index contributed by atoms with van der Waals surface area (Å²) in [5.41, 5.74) is 1.32. The summed E-state index contributed by atoms with van der Waals surface area (Å²) in [4.78, 5) is 132. The molecule has 4 heterocycles. The minimum atomic E-state index is -1.12. The molecule has 26 heteroatoms. The van der Waals surface area contributed by atoms with Gasteiger partial charge in [-0.15, -0.1) is 0 Å². The van der Waals surface area contributed by atoms with Crippen LogP contribution in [-0.4, -0.2) is 292 Å². The van der Waals surface area contributed by atoms with Crippen molar-refractivity contribution in [2.24, 2.45) is 35.5 Å². The molecule has 0 aromatic heterocycles. The van der Waals surface area contributed by atoms with Gasteiger partial charge in [-0.25, -0.2) is 9.59 Å². The number of aliphatic hydroxyl groups excluding tert-OH is 2. The number of carbonyl (C=O) groups excluding carboxylic acids is 8. The number of urea groups is 2. The van der Waals surface area contributed by atoms with E-state index in [0.29, 0.717) is 117 Å². The number of likely N-dealkylation sites (N-methyl/N-ethyl adjacent to an activating group) is 3. The minimum Gasteiger partial charge on any atom is -0.394 e. The van der Waals surface area contributed by atoms with E-state index in [1.54, 1.807) is 71.6 Å². The van der Waals surface area contributed by atoms with Gasteiger partial charge in [0, 0.05) is 101 Å². The topological polar surface area (TPSA) is 297 Å². The smallest absolute Gasteiger partial charge is 0.318 e. The Morgan fingerprint density at radius 3 is 1.49 bits per heavy atom. The van der Waals surface area contributed by atoms with Gasteiger partial charge in [0.15, 0.2) is 0 Å². The van der Waals surface area contributed by atoms with E-state index in [9.17, 15) is 24.6 Å². The molecule has 26 nitrogen and oxygen atoms in total. The van der Waals surface area contributed by atoms with E-state index in [-0.39, 0.29) is 85.4 Å². The van der Waals surface area contributed by atoms with Crippen LogP contribution < -0.4 is 26.6 Å². The quantitative estimate of drug-likeness (QED) is 0.0416. The van der Waals surface area contributed by atoms with Gasteiger partial charge in [0.05, 0.1) is 104 Å². The highest BCUT2D eigenvalue weighted by molar-refractivity contribution is 5.89. The van der Waals surface area contributed by atoms with Crippen molar-refractivity contribution in [3.8, 4) is 0 Å². The van der Waals surface area contributed by atoms with Crippen molar-refractivity contribution in [2.45, 2.75) is 238 Å². The molecule has 4 fully saturated rings. The van der Waals surface area contributed by atoms with Crippen molar-refractivity contribution in [1.29, 1.82) is 0 Å². The zero-order valence-corrected chi connectivity index (χ0v) is 67.2. The van der Waals surface area contributed by atoms with Crippen molar-refractivity contribution in [2.75, 3.05) is 115 Å². The van der Waals surface area contributed by atoms with Crippen LogP contribution in [0.25, 0.3) is 0 Å². The van der Waals surface area contributed by atoms with Crippen LogP contribution in [0.2, 0.25) is 0 Å². The minimum absolute atomic E-state index is 0.101. The number of ether oxygens (including phenoxy) is 4. The fourth-order valence-corrected chi connectivity index (χ4v) is 17.0. The molecular weight excluding hydrogens is 1350 g/mol. The Morgan fingerprint density at radius 1 is 0.585 bits per heavy atom. The molecule has 2 aromatic carbocycles. The van der Waals surface area contributed by atoms with Crippen LogP contribution in [0.3, 0.4) is 0 Å². The molecular formula is C80H134N12O14. The number of hydrogen-bond acceptors (Lipinski definition) is 16. The Bertz CT molecular complexity index is 3080. The maximum Gasteiger partial charge on any atom is 0.318 e. The number of methoxy groups -OCH3 is 4. The third-order valence-electron chi connectivity index (χ3n) is 23.5. The molecule has 106 heavy (non-hydrogen) atoms. The van der Waals surface area contributed by atoms with Gasteiger partial charge in [0.2, 0.25) is 35.4 Å². The molecule has 0 bridgehead atoms. The predicted octanol–water partition coefficient (Wildman–Crippen LogP) is 5.80. The molecule has 4 aliphatic heterocycles. The number of carbonyl (C=O) groups is 8. The first-order valence-corrected chi connectivity index (χ1v) is 39.1. The first kappa shape index (κ1) is 88.4. The molecule has 4 saturated heterocycles.